The zero-order chi connectivity index (χ0) is 25.6. The molecule has 2 aromatic rings. The lowest BCUT2D eigenvalue weighted by Gasteiger charge is -2.32. The number of hydrogen-bond donors (Lipinski definition) is 1. The Labute approximate surface area is 198 Å². The number of anilines is 1. The quantitative estimate of drug-likeness (QED) is 0.371. The van der Waals surface area contributed by atoms with Crippen LogP contribution in [0, 0.1) is 10.1 Å². The molecule has 2 aromatic carbocycles. The van der Waals surface area contributed by atoms with Crippen LogP contribution in [0.2, 0.25) is 0 Å². The molecule has 34 heavy (non-hydrogen) atoms. The summed E-state index contributed by atoms with van der Waals surface area (Å²) in [7, 11) is 0.268. The molecule has 186 valence electrons. The number of ether oxygens (including phenoxy) is 3. The van der Waals surface area contributed by atoms with Gasteiger partial charge in [0.05, 0.1) is 38.6 Å². The van der Waals surface area contributed by atoms with Crippen LogP contribution in [-0.4, -0.2) is 52.9 Å². The number of carbonyl (C=O) groups is 1. The van der Waals surface area contributed by atoms with Crippen LogP contribution in [0.25, 0.3) is 0 Å². The van der Waals surface area contributed by atoms with Gasteiger partial charge >= 0.3 is 0 Å². The molecule has 0 fully saturated rings. The van der Waals surface area contributed by atoms with Crippen molar-refractivity contribution >= 4 is 27.3 Å². The van der Waals surface area contributed by atoms with E-state index in [-0.39, 0.29) is 23.5 Å². The summed E-state index contributed by atoms with van der Waals surface area (Å²) in [5.41, 5.74) is 0.186. The third-order valence-corrected chi connectivity index (χ3v) is 6.37. The number of nitro benzene ring substituents is 1. The third-order valence-electron chi connectivity index (χ3n) is 5.20. The molecular formula is C22H29N3O8S. The van der Waals surface area contributed by atoms with Crippen molar-refractivity contribution < 1.29 is 32.3 Å². The number of sulfonamides is 1. The van der Waals surface area contributed by atoms with E-state index in [2.05, 4.69) is 5.32 Å². The average molecular weight is 496 g/mol. The molecule has 1 N–H and O–H groups in total. The zero-order valence-electron chi connectivity index (χ0n) is 19.9. The number of nitro groups is 1. The molecule has 0 saturated heterocycles. The summed E-state index contributed by atoms with van der Waals surface area (Å²) >= 11 is 0. The fourth-order valence-corrected chi connectivity index (χ4v) is 4.77. The van der Waals surface area contributed by atoms with Crippen LogP contribution in [-0.2, 0) is 14.8 Å². The van der Waals surface area contributed by atoms with E-state index >= 15 is 0 Å². The number of nitrogens with one attached hydrogen (secondary N) is 1. The zero-order valence-corrected chi connectivity index (χ0v) is 20.7. The van der Waals surface area contributed by atoms with Gasteiger partial charge in [-0.05, 0) is 37.6 Å². The Morgan fingerprint density at radius 2 is 1.71 bits per heavy atom. The summed E-state index contributed by atoms with van der Waals surface area (Å²) in [6.07, 6.45) is 1.02. The third kappa shape index (κ3) is 5.87. The predicted octanol–water partition coefficient (Wildman–Crippen LogP) is 3.04. The lowest BCUT2D eigenvalue weighted by atomic mass is 10.1. The van der Waals surface area contributed by atoms with Gasteiger partial charge in [-0.2, -0.15) is 0 Å². The van der Waals surface area contributed by atoms with Crippen molar-refractivity contribution in [2.24, 2.45) is 0 Å². The molecule has 0 heterocycles. The number of carbonyl (C=O) groups excluding carboxylic acids is 1. The van der Waals surface area contributed by atoms with Crippen molar-refractivity contribution in [1.82, 2.24) is 5.32 Å². The lowest BCUT2D eigenvalue weighted by Crippen LogP contribution is -2.49. The second-order valence-electron chi connectivity index (χ2n) is 7.43. The van der Waals surface area contributed by atoms with Crippen molar-refractivity contribution in [2.75, 3.05) is 31.9 Å². The smallest absolute Gasteiger partial charge is 0.271 e. The van der Waals surface area contributed by atoms with Gasteiger partial charge in [0, 0.05) is 17.7 Å². The minimum absolute atomic E-state index is 0.0739. The summed E-state index contributed by atoms with van der Waals surface area (Å²) in [6, 6.07) is 6.91. The molecule has 0 aliphatic heterocycles. The molecule has 0 unspecified atom stereocenters. The molecule has 0 bridgehead atoms. The maximum absolute atomic E-state index is 13.3. The van der Waals surface area contributed by atoms with Crippen molar-refractivity contribution in [1.29, 1.82) is 0 Å². The maximum atomic E-state index is 13.3. The first-order chi connectivity index (χ1) is 16.0. The largest absolute Gasteiger partial charge is 0.497 e. The first kappa shape index (κ1) is 26.7. The van der Waals surface area contributed by atoms with Crippen molar-refractivity contribution in [3.05, 3.63) is 52.1 Å². The minimum Gasteiger partial charge on any atom is -0.497 e. The first-order valence-corrected chi connectivity index (χ1v) is 12.2. The lowest BCUT2D eigenvalue weighted by molar-refractivity contribution is -0.384. The standard InChI is InChI=1S/C22H29N3O8S/c1-7-18(22(26)23-14(2)17-13-16(31-3)9-11-20(17)32-4)24(34(6,29)30)19-12-15(25(27)28)8-10-21(19)33-5/h8-14,18H,7H2,1-6H3,(H,23,26)/t14-,18-/m1/s1. The number of rotatable bonds is 11. The van der Waals surface area contributed by atoms with E-state index < -0.39 is 32.9 Å². The number of amides is 1. The fourth-order valence-electron chi connectivity index (χ4n) is 3.56. The van der Waals surface area contributed by atoms with Crippen LogP contribution >= 0.6 is 0 Å². The Morgan fingerprint density at radius 1 is 1.09 bits per heavy atom. The minimum atomic E-state index is -4.05. The molecule has 12 heteroatoms. The van der Waals surface area contributed by atoms with E-state index in [1.807, 2.05) is 0 Å². The van der Waals surface area contributed by atoms with E-state index in [4.69, 9.17) is 14.2 Å². The molecule has 0 saturated carbocycles. The fraction of sp³-hybridized carbons (Fsp3) is 0.409. The van der Waals surface area contributed by atoms with Crippen LogP contribution in [0.3, 0.4) is 0 Å². The highest BCUT2D eigenvalue weighted by Crippen LogP contribution is 2.36. The Kier molecular flexibility index (Phi) is 8.68. The molecule has 0 aliphatic rings. The molecule has 2 rings (SSSR count). The van der Waals surface area contributed by atoms with Gasteiger partial charge in [0.1, 0.15) is 29.0 Å². The van der Waals surface area contributed by atoms with Gasteiger partial charge in [-0.1, -0.05) is 6.92 Å². The second kappa shape index (κ2) is 11.1. The van der Waals surface area contributed by atoms with E-state index in [9.17, 15) is 23.3 Å². The number of hydrogen-bond acceptors (Lipinski definition) is 8. The van der Waals surface area contributed by atoms with E-state index in [0.717, 1.165) is 16.6 Å². The number of methoxy groups -OCH3 is 3. The SMILES string of the molecule is CC[C@H](C(=O)N[C@H](C)c1cc(OC)ccc1OC)N(c1cc([N+](=O)[O-])ccc1OC)S(C)(=O)=O. The molecule has 0 aromatic heterocycles. The van der Waals surface area contributed by atoms with Gasteiger partial charge in [-0.15, -0.1) is 0 Å². The molecule has 0 aliphatic carbocycles. The van der Waals surface area contributed by atoms with E-state index in [1.54, 1.807) is 32.0 Å². The van der Waals surface area contributed by atoms with Gasteiger partial charge in [-0.3, -0.25) is 19.2 Å². The number of non-ortho nitro benzene ring substituents is 1. The molecule has 0 radical (unpaired) electrons. The summed E-state index contributed by atoms with van der Waals surface area (Å²) in [6.45, 7) is 3.36. The van der Waals surface area contributed by atoms with Gasteiger partial charge in [0.25, 0.3) is 5.69 Å². The maximum Gasteiger partial charge on any atom is 0.271 e. The van der Waals surface area contributed by atoms with Crippen molar-refractivity contribution in [3.8, 4) is 17.2 Å². The van der Waals surface area contributed by atoms with Crippen LogP contribution < -0.4 is 23.8 Å². The highest BCUT2D eigenvalue weighted by Gasteiger charge is 2.35. The highest BCUT2D eigenvalue weighted by molar-refractivity contribution is 7.92. The molecular weight excluding hydrogens is 466 g/mol. The molecule has 1 amide bonds. The molecule has 2 atom stereocenters. The summed E-state index contributed by atoms with van der Waals surface area (Å²) in [4.78, 5) is 24.0. The Hall–Kier alpha value is -3.54. The number of benzene rings is 2. The normalized spacial score (nSPS) is 12.9. The molecule has 11 nitrogen and oxygen atoms in total. The topological polar surface area (TPSA) is 137 Å². The average Bonchev–Trinajstić information content (AvgIpc) is 2.80. The Balaban J connectivity index is 2.51. The van der Waals surface area contributed by atoms with E-state index in [1.165, 1.54) is 33.5 Å². The number of nitrogens with zero attached hydrogens (tertiary/aromatic N) is 2. The second-order valence-corrected chi connectivity index (χ2v) is 9.29. The van der Waals surface area contributed by atoms with Crippen molar-refractivity contribution in [2.45, 2.75) is 32.4 Å². The van der Waals surface area contributed by atoms with Gasteiger partial charge in [-0.25, -0.2) is 8.42 Å². The first-order valence-electron chi connectivity index (χ1n) is 10.3. The molecule has 0 spiro atoms. The van der Waals surface area contributed by atoms with Crippen LogP contribution in [0.15, 0.2) is 36.4 Å². The summed E-state index contributed by atoms with van der Waals surface area (Å²) in [5, 5.41) is 14.1. The monoisotopic (exact) mass is 495 g/mol. The summed E-state index contributed by atoms with van der Waals surface area (Å²) in [5.74, 6) is 0.550. The van der Waals surface area contributed by atoms with Gasteiger partial charge in [0.15, 0.2) is 0 Å². The van der Waals surface area contributed by atoms with Crippen LogP contribution in [0.1, 0.15) is 31.9 Å². The van der Waals surface area contributed by atoms with Crippen LogP contribution in [0.4, 0.5) is 11.4 Å². The summed E-state index contributed by atoms with van der Waals surface area (Å²) < 4.78 is 42.3. The van der Waals surface area contributed by atoms with Gasteiger partial charge in [0.2, 0.25) is 15.9 Å². The van der Waals surface area contributed by atoms with E-state index in [0.29, 0.717) is 17.1 Å². The van der Waals surface area contributed by atoms with Crippen molar-refractivity contribution in [3.63, 3.8) is 0 Å². The Bertz CT molecular complexity index is 1150. The van der Waals surface area contributed by atoms with Gasteiger partial charge < -0.3 is 19.5 Å². The predicted molar refractivity (Wildman–Crippen MR) is 127 cm³/mol. The Morgan fingerprint density at radius 3 is 2.21 bits per heavy atom. The van der Waals surface area contributed by atoms with Crippen LogP contribution in [0.5, 0.6) is 17.2 Å². The highest BCUT2D eigenvalue weighted by atomic mass is 32.2.